The molecule has 1 saturated heterocycles. The van der Waals surface area contributed by atoms with E-state index in [0.29, 0.717) is 12.1 Å². The van der Waals surface area contributed by atoms with E-state index >= 15 is 0 Å². The second-order valence-electron chi connectivity index (χ2n) is 5.23. The molecule has 0 aliphatic carbocycles. The highest BCUT2D eigenvalue weighted by Crippen LogP contribution is 2.24. The third-order valence-corrected chi connectivity index (χ3v) is 4.80. The molecule has 0 radical (unpaired) electrons. The van der Waals surface area contributed by atoms with Crippen molar-refractivity contribution in [2.75, 3.05) is 29.5 Å². The van der Waals surface area contributed by atoms with Crippen LogP contribution < -0.4 is 10.2 Å². The van der Waals surface area contributed by atoms with E-state index in [2.05, 4.69) is 48.1 Å². The zero-order chi connectivity index (χ0) is 13.7. The molecule has 0 bridgehead atoms. The molecule has 2 atom stereocenters. The Kier molecular flexibility index (Phi) is 5.52. The molecule has 19 heavy (non-hydrogen) atoms. The standard InChI is InChI=1S/C15H25N3S/c1-4-7-16-13(3)15-6-5-14(10-17-15)18-8-9-19-11-12(18)2/h5-6,10,12-13,16H,4,7-9,11H2,1-3H3. The lowest BCUT2D eigenvalue weighted by Crippen LogP contribution is -2.40. The van der Waals surface area contributed by atoms with Crippen molar-refractivity contribution in [1.29, 1.82) is 0 Å². The monoisotopic (exact) mass is 279 g/mol. The Hall–Kier alpha value is -0.740. The van der Waals surface area contributed by atoms with Crippen LogP contribution >= 0.6 is 11.8 Å². The number of pyridine rings is 1. The average molecular weight is 279 g/mol. The average Bonchev–Trinajstić information content (AvgIpc) is 2.45. The van der Waals surface area contributed by atoms with Crippen molar-refractivity contribution in [3.05, 3.63) is 24.0 Å². The Balaban J connectivity index is 2.01. The minimum absolute atomic E-state index is 0.336. The molecule has 0 amide bonds. The van der Waals surface area contributed by atoms with Crippen LogP contribution in [-0.4, -0.2) is 35.6 Å². The van der Waals surface area contributed by atoms with Gasteiger partial charge in [0.15, 0.2) is 0 Å². The van der Waals surface area contributed by atoms with Crippen LogP contribution in [0.2, 0.25) is 0 Å². The number of nitrogens with zero attached hydrogens (tertiary/aromatic N) is 2. The van der Waals surface area contributed by atoms with Crippen LogP contribution in [0.5, 0.6) is 0 Å². The summed E-state index contributed by atoms with van der Waals surface area (Å²) in [5.74, 6) is 2.44. The van der Waals surface area contributed by atoms with Crippen LogP contribution in [0, 0.1) is 0 Å². The number of hydrogen-bond donors (Lipinski definition) is 1. The Bertz CT molecular complexity index is 379. The van der Waals surface area contributed by atoms with Crippen molar-refractivity contribution < 1.29 is 0 Å². The first-order chi connectivity index (χ1) is 9.22. The van der Waals surface area contributed by atoms with E-state index in [0.717, 1.165) is 25.2 Å². The summed E-state index contributed by atoms with van der Waals surface area (Å²) >= 11 is 2.05. The van der Waals surface area contributed by atoms with E-state index in [1.807, 2.05) is 18.0 Å². The van der Waals surface area contributed by atoms with E-state index in [-0.39, 0.29) is 0 Å². The van der Waals surface area contributed by atoms with Crippen molar-refractivity contribution in [3.8, 4) is 0 Å². The lowest BCUT2D eigenvalue weighted by atomic mass is 10.2. The van der Waals surface area contributed by atoms with Crippen molar-refractivity contribution in [1.82, 2.24) is 10.3 Å². The van der Waals surface area contributed by atoms with Crippen LogP contribution in [0.25, 0.3) is 0 Å². The lowest BCUT2D eigenvalue weighted by Gasteiger charge is -2.34. The minimum Gasteiger partial charge on any atom is -0.366 e. The van der Waals surface area contributed by atoms with Gasteiger partial charge in [-0.25, -0.2) is 0 Å². The van der Waals surface area contributed by atoms with Gasteiger partial charge in [0.2, 0.25) is 0 Å². The quantitative estimate of drug-likeness (QED) is 0.896. The fraction of sp³-hybridized carbons (Fsp3) is 0.667. The number of aromatic nitrogens is 1. The SMILES string of the molecule is CCCNC(C)c1ccc(N2CCSCC2C)cn1. The first kappa shape index (κ1) is 14.7. The number of nitrogens with one attached hydrogen (secondary N) is 1. The largest absolute Gasteiger partial charge is 0.366 e. The number of hydrogen-bond acceptors (Lipinski definition) is 4. The molecule has 0 aromatic carbocycles. The maximum atomic E-state index is 4.63. The Morgan fingerprint density at radius 2 is 2.37 bits per heavy atom. The first-order valence-electron chi connectivity index (χ1n) is 7.26. The zero-order valence-corrected chi connectivity index (χ0v) is 13.0. The minimum atomic E-state index is 0.336. The van der Waals surface area contributed by atoms with Crippen molar-refractivity contribution >= 4 is 17.4 Å². The second kappa shape index (κ2) is 7.15. The predicted molar refractivity (Wildman–Crippen MR) is 85.1 cm³/mol. The first-order valence-corrected chi connectivity index (χ1v) is 8.41. The van der Waals surface area contributed by atoms with Crippen LogP contribution in [0.1, 0.15) is 38.9 Å². The highest BCUT2D eigenvalue weighted by Gasteiger charge is 2.19. The summed E-state index contributed by atoms with van der Waals surface area (Å²) in [5, 5.41) is 3.48. The highest BCUT2D eigenvalue weighted by atomic mass is 32.2. The third-order valence-electron chi connectivity index (χ3n) is 3.61. The van der Waals surface area contributed by atoms with Crippen molar-refractivity contribution in [2.24, 2.45) is 0 Å². The molecule has 2 heterocycles. The molecule has 2 unspecified atom stereocenters. The molecule has 0 spiro atoms. The molecule has 1 fully saturated rings. The van der Waals surface area contributed by atoms with E-state index in [4.69, 9.17) is 0 Å². The summed E-state index contributed by atoms with van der Waals surface area (Å²) in [4.78, 5) is 7.10. The molecule has 1 N–H and O–H groups in total. The summed E-state index contributed by atoms with van der Waals surface area (Å²) in [6.07, 6.45) is 3.19. The maximum Gasteiger partial charge on any atom is 0.0572 e. The summed E-state index contributed by atoms with van der Waals surface area (Å²) in [7, 11) is 0. The van der Waals surface area contributed by atoms with Gasteiger partial charge in [-0.2, -0.15) is 11.8 Å². The van der Waals surface area contributed by atoms with Gasteiger partial charge in [0, 0.05) is 30.1 Å². The molecular weight excluding hydrogens is 254 g/mol. The van der Waals surface area contributed by atoms with Crippen molar-refractivity contribution in [3.63, 3.8) is 0 Å². The van der Waals surface area contributed by atoms with E-state index in [1.165, 1.54) is 17.2 Å². The van der Waals surface area contributed by atoms with Gasteiger partial charge in [0.25, 0.3) is 0 Å². The molecule has 4 heteroatoms. The van der Waals surface area contributed by atoms with E-state index in [9.17, 15) is 0 Å². The van der Waals surface area contributed by atoms with E-state index < -0.39 is 0 Å². The van der Waals surface area contributed by atoms with Gasteiger partial charge in [0.05, 0.1) is 17.6 Å². The van der Waals surface area contributed by atoms with Gasteiger partial charge in [-0.1, -0.05) is 6.92 Å². The fourth-order valence-electron chi connectivity index (χ4n) is 2.40. The molecule has 106 valence electrons. The zero-order valence-electron chi connectivity index (χ0n) is 12.2. The van der Waals surface area contributed by atoms with Gasteiger partial charge < -0.3 is 10.2 Å². The predicted octanol–water partition coefficient (Wildman–Crippen LogP) is 3.08. The Labute approximate surface area is 121 Å². The Morgan fingerprint density at radius 1 is 1.53 bits per heavy atom. The molecule has 3 nitrogen and oxygen atoms in total. The fourth-order valence-corrected chi connectivity index (χ4v) is 3.41. The topological polar surface area (TPSA) is 28.2 Å². The van der Waals surface area contributed by atoms with Gasteiger partial charge in [-0.3, -0.25) is 4.98 Å². The normalized spacial score (nSPS) is 21.4. The van der Waals surface area contributed by atoms with Gasteiger partial charge in [-0.05, 0) is 38.9 Å². The van der Waals surface area contributed by atoms with Crippen LogP contribution in [-0.2, 0) is 0 Å². The molecule has 1 aliphatic rings. The van der Waals surface area contributed by atoms with Gasteiger partial charge in [-0.15, -0.1) is 0 Å². The summed E-state index contributed by atoms with van der Waals surface area (Å²) in [6, 6.07) is 5.33. The smallest absolute Gasteiger partial charge is 0.0572 e. The van der Waals surface area contributed by atoms with Crippen molar-refractivity contribution in [2.45, 2.75) is 39.3 Å². The van der Waals surface area contributed by atoms with Crippen LogP contribution in [0.4, 0.5) is 5.69 Å². The molecule has 0 saturated carbocycles. The lowest BCUT2D eigenvalue weighted by molar-refractivity contribution is 0.558. The van der Waals surface area contributed by atoms with Crippen LogP contribution in [0.3, 0.4) is 0 Å². The molecule has 1 aromatic rings. The molecule has 1 aromatic heterocycles. The summed E-state index contributed by atoms with van der Waals surface area (Å²) in [6.45, 7) is 8.84. The van der Waals surface area contributed by atoms with E-state index in [1.54, 1.807) is 0 Å². The molecule has 1 aliphatic heterocycles. The molecule has 2 rings (SSSR count). The summed E-state index contributed by atoms with van der Waals surface area (Å²) < 4.78 is 0. The third kappa shape index (κ3) is 3.86. The number of rotatable bonds is 5. The number of thioether (sulfide) groups is 1. The van der Waals surface area contributed by atoms with Gasteiger partial charge >= 0.3 is 0 Å². The number of anilines is 1. The summed E-state index contributed by atoms with van der Waals surface area (Å²) in [5.41, 5.74) is 2.40. The maximum absolute atomic E-state index is 4.63. The Morgan fingerprint density at radius 3 is 3.00 bits per heavy atom. The van der Waals surface area contributed by atoms with Crippen LogP contribution in [0.15, 0.2) is 18.3 Å². The highest BCUT2D eigenvalue weighted by molar-refractivity contribution is 7.99. The second-order valence-corrected chi connectivity index (χ2v) is 6.38. The van der Waals surface area contributed by atoms with Gasteiger partial charge in [0.1, 0.15) is 0 Å². The molecular formula is C15H25N3S.